The molecule has 1 saturated heterocycles. The summed E-state index contributed by atoms with van der Waals surface area (Å²) in [7, 11) is 0. The summed E-state index contributed by atoms with van der Waals surface area (Å²) in [6, 6.07) is 18.5. The molecule has 3 nitrogen and oxygen atoms in total. The average molecular weight is 366 g/mol. The summed E-state index contributed by atoms with van der Waals surface area (Å²) in [6.45, 7) is 7.12. The van der Waals surface area contributed by atoms with Crippen molar-refractivity contribution in [2.24, 2.45) is 11.8 Å². The average Bonchev–Trinajstić information content (AvgIpc) is 2.63. The third-order valence-electron chi connectivity index (χ3n) is 5.61. The molecule has 0 radical (unpaired) electrons. The Morgan fingerprint density at radius 3 is 2.56 bits per heavy atom. The van der Waals surface area contributed by atoms with Crippen LogP contribution >= 0.6 is 0 Å². The number of ether oxygens (including phenoxy) is 1. The minimum Gasteiger partial charge on any atom is -0.376 e. The van der Waals surface area contributed by atoms with Gasteiger partial charge in [0.2, 0.25) is 5.91 Å². The van der Waals surface area contributed by atoms with E-state index in [2.05, 4.69) is 43.4 Å². The second-order valence-corrected chi connectivity index (χ2v) is 8.38. The number of hydrogen-bond donors (Lipinski definition) is 1. The maximum absolute atomic E-state index is 12.8. The molecule has 3 heteroatoms. The van der Waals surface area contributed by atoms with E-state index in [4.69, 9.17) is 4.74 Å². The molecule has 0 saturated carbocycles. The molecule has 144 valence electrons. The van der Waals surface area contributed by atoms with Crippen LogP contribution < -0.4 is 5.32 Å². The number of carbonyl (C=O) groups is 1. The Morgan fingerprint density at radius 2 is 1.85 bits per heavy atom. The highest BCUT2D eigenvalue weighted by molar-refractivity contribution is 5.91. The Hall–Kier alpha value is -2.13. The smallest absolute Gasteiger partial charge is 0.224 e. The van der Waals surface area contributed by atoms with Gasteiger partial charge >= 0.3 is 0 Å². The molecule has 0 bridgehead atoms. The molecule has 1 N–H and O–H groups in total. The van der Waals surface area contributed by atoms with Crippen molar-refractivity contribution in [2.45, 2.75) is 52.1 Å². The van der Waals surface area contributed by atoms with E-state index in [0.717, 1.165) is 37.1 Å². The summed E-state index contributed by atoms with van der Waals surface area (Å²) in [5.74, 6) is 0.922. The highest BCUT2D eigenvalue weighted by Crippen LogP contribution is 2.36. The van der Waals surface area contributed by atoms with Crippen LogP contribution in [0.2, 0.25) is 0 Å². The minimum absolute atomic E-state index is 0.106. The summed E-state index contributed by atoms with van der Waals surface area (Å²) in [4.78, 5) is 12.8. The van der Waals surface area contributed by atoms with Gasteiger partial charge in [0.25, 0.3) is 0 Å². The van der Waals surface area contributed by atoms with Crippen molar-refractivity contribution in [1.82, 2.24) is 0 Å². The van der Waals surface area contributed by atoms with Crippen LogP contribution in [0.15, 0.2) is 54.6 Å². The third-order valence-corrected chi connectivity index (χ3v) is 5.61. The molecule has 3 rings (SSSR count). The van der Waals surface area contributed by atoms with E-state index in [0.29, 0.717) is 18.3 Å². The lowest BCUT2D eigenvalue weighted by Crippen LogP contribution is -2.38. The van der Waals surface area contributed by atoms with E-state index in [9.17, 15) is 4.79 Å². The Kier molecular flexibility index (Phi) is 6.33. The molecule has 0 unspecified atom stereocenters. The Bertz CT molecular complexity index is 754. The maximum Gasteiger partial charge on any atom is 0.224 e. The van der Waals surface area contributed by atoms with Crippen molar-refractivity contribution in [3.63, 3.8) is 0 Å². The van der Waals surface area contributed by atoms with Crippen molar-refractivity contribution in [2.75, 3.05) is 11.9 Å². The molecule has 1 amide bonds. The SMILES string of the molecule is Cc1ccccc1NC(=O)C[C@@H](Cc1ccccc1)[C@@H]1CCOC(C)(C)C1. The van der Waals surface area contributed by atoms with Gasteiger partial charge in [-0.2, -0.15) is 0 Å². The standard InChI is InChI=1S/C24H31NO2/c1-18-9-7-8-12-22(18)25-23(26)16-21(15-19-10-5-4-6-11-19)20-13-14-27-24(2,3)17-20/h4-12,20-21H,13-17H2,1-3H3,(H,25,26)/t20-,21-/m1/s1. The lowest BCUT2D eigenvalue weighted by Gasteiger charge is -2.39. The predicted octanol–water partition coefficient (Wildman–Crippen LogP) is 5.39. The molecule has 1 aliphatic heterocycles. The Morgan fingerprint density at radius 1 is 1.15 bits per heavy atom. The molecular weight excluding hydrogens is 334 g/mol. The molecule has 2 atom stereocenters. The van der Waals surface area contributed by atoms with Gasteiger partial charge in [0.1, 0.15) is 0 Å². The molecule has 2 aromatic rings. The molecule has 0 aliphatic carbocycles. The van der Waals surface area contributed by atoms with Crippen molar-refractivity contribution < 1.29 is 9.53 Å². The van der Waals surface area contributed by atoms with E-state index in [1.807, 2.05) is 37.3 Å². The number of nitrogens with one attached hydrogen (secondary N) is 1. The first kappa shape index (κ1) is 19.6. The number of aryl methyl sites for hydroxylation is 1. The fraction of sp³-hybridized carbons (Fsp3) is 0.458. The van der Waals surface area contributed by atoms with Gasteiger partial charge < -0.3 is 10.1 Å². The molecule has 0 spiro atoms. The van der Waals surface area contributed by atoms with Gasteiger partial charge in [-0.25, -0.2) is 0 Å². The summed E-state index contributed by atoms with van der Waals surface area (Å²) in [5, 5.41) is 3.12. The first-order chi connectivity index (χ1) is 12.9. The second kappa shape index (κ2) is 8.71. The Labute approximate surface area is 163 Å². The van der Waals surface area contributed by atoms with Gasteiger partial charge in [-0.15, -0.1) is 0 Å². The zero-order valence-electron chi connectivity index (χ0n) is 16.7. The fourth-order valence-corrected chi connectivity index (χ4v) is 4.16. The topological polar surface area (TPSA) is 38.3 Å². The number of hydrogen-bond acceptors (Lipinski definition) is 2. The molecule has 27 heavy (non-hydrogen) atoms. The van der Waals surface area contributed by atoms with E-state index in [-0.39, 0.29) is 11.5 Å². The normalized spacial score (nSPS) is 20.0. The van der Waals surface area contributed by atoms with E-state index in [1.165, 1.54) is 5.56 Å². The van der Waals surface area contributed by atoms with Gasteiger partial charge in [0.15, 0.2) is 0 Å². The number of anilines is 1. The monoisotopic (exact) mass is 365 g/mol. The van der Waals surface area contributed by atoms with E-state index in [1.54, 1.807) is 0 Å². The zero-order valence-corrected chi connectivity index (χ0v) is 16.7. The van der Waals surface area contributed by atoms with Crippen LogP contribution in [-0.2, 0) is 16.0 Å². The molecule has 0 aromatic heterocycles. The van der Waals surface area contributed by atoms with Crippen LogP contribution in [0.25, 0.3) is 0 Å². The van der Waals surface area contributed by atoms with Crippen LogP contribution in [0.4, 0.5) is 5.69 Å². The number of benzene rings is 2. The Balaban J connectivity index is 1.72. The highest BCUT2D eigenvalue weighted by atomic mass is 16.5. The van der Waals surface area contributed by atoms with Gasteiger partial charge in [-0.1, -0.05) is 48.5 Å². The summed E-state index contributed by atoms with van der Waals surface area (Å²) >= 11 is 0. The molecule has 1 fully saturated rings. The van der Waals surface area contributed by atoms with E-state index >= 15 is 0 Å². The number of carbonyl (C=O) groups excluding carboxylic acids is 1. The lowest BCUT2D eigenvalue weighted by atomic mass is 9.75. The van der Waals surface area contributed by atoms with Crippen LogP contribution in [-0.4, -0.2) is 18.1 Å². The van der Waals surface area contributed by atoms with Gasteiger partial charge in [0, 0.05) is 18.7 Å². The maximum atomic E-state index is 12.8. The molecular formula is C24H31NO2. The van der Waals surface area contributed by atoms with E-state index < -0.39 is 0 Å². The third kappa shape index (κ3) is 5.67. The van der Waals surface area contributed by atoms with Crippen molar-refractivity contribution in [3.05, 3.63) is 65.7 Å². The zero-order chi connectivity index (χ0) is 19.3. The van der Waals surface area contributed by atoms with Gasteiger partial charge in [0.05, 0.1) is 5.60 Å². The molecule has 1 aliphatic rings. The number of para-hydroxylation sites is 1. The first-order valence-corrected chi connectivity index (χ1v) is 9.96. The van der Waals surface area contributed by atoms with Gasteiger partial charge in [-0.3, -0.25) is 4.79 Å². The minimum atomic E-state index is -0.107. The largest absolute Gasteiger partial charge is 0.376 e. The quantitative estimate of drug-likeness (QED) is 0.745. The summed E-state index contributed by atoms with van der Waals surface area (Å²) < 4.78 is 5.91. The van der Waals surface area contributed by atoms with Crippen molar-refractivity contribution >= 4 is 11.6 Å². The van der Waals surface area contributed by atoms with Crippen molar-refractivity contribution in [3.8, 4) is 0 Å². The molecule has 1 heterocycles. The highest BCUT2D eigenvalue weighted by Gasteiger charge is 2.34. The predicted molar refractivity (Wildman–Crippen MR) is 111 cm³/mol. The summed E-state index contributed by atoms with van der Waals surface area (Å²) in [6.07, 6.45) is 3.51. The lowest BCUT2D eigenvalue weighted by molar-refractivity contribution is -0.119. The molecule has 2 aromatic carbocycles. The van der Waals surface area contributed by atoms with Gasteiger partial charge in [-0.05, 0) is 69.1 Å². The number of amides is 1. The number of rotatable bonds is 6. The fourth-order valence-electron chi connectivity index (χ4n) is 4.16. The van der Waals surface area contributed by atoms with Crippen LogP contribution in [0.3, 0.4) is 0 Å². The van der Waals surface area contributed by atoms with Crippen LogP contribution in [0, 0.1) is 18.8 Å². The summed E-state index contributed by atoms with van der Waals surface area (Å²) in [5.41, 5.74) is 3.20. The second-order valence-electron chi connectivity index (χ2n) is 8.38. The first-order valence-electron chi connectivity index (χ1n) is 9.96. The van der Waals surface area contributed by atoms with Crippen LogP contribution in [0.1, 0.15) is 44.2 Å². The van der Waals surface area contributed by atoms with Crippen LogP contribution in [0.5, 0.6) is 0 Å². The van der Waals surface area contributed by atoms with Crippen molar-refractivity contribution in [1.29, 1.82) is 0 Å².